The molecule has 0 saturated carbocycles. The number of aliphatic imine (C=N–C) groups is 1. The van der Waals surface area contributed by atoms with Crippen molar-refractivity contribution < 1.29 is 9.53 Å². The maximum absolute atomic E-state index is 12.4. The zero-order chi connectivity index (χ0) is 18.1. The van der Waals surface area contributed by atoms with E-state index in [1.807, 2.05) is 30.5 Å². The van der Waals surface area contributed by atoms with E-state index in [0.29, 0.717) is 27.2 Å². The van der Waals surface area contributed by atoms with Crippen molar-refractivity contribution in [3.8, 4) is 6.07 Å². The average Bonchev–Trinajstić information content (AvgIpc) is 2.95. The first-order valence-corrected chi connectivity index (χ1v) is 9.44. The third-order valence-electron chi connectivity index (χ3n) is 4.01. The van der Waals surface area contributed by atoms with Gasteiger partial charge in [-0.2, -0.15) is 5.26 Å². The second-order valence-corrected chi connectivity index (χ2v) is 7.22. The summed E-state index contributed by atoms with van der Waals surface area (Å²) in [5, 5.41) is 9.89. The summed E-state index contributed by atoms with van der Waals surface area (Å²) < 4.78 is 4.97. The van der Waals surface area contributed by atoms with Crippen molar-refractivity contribution in [2.24, 2.45) is 10.7 Å². The molecule has 25 heavy (non-hydrogen) atoms. The molecule has 6 nitrogen and oxygen atoms in total. The lowest BCUT2D eigenvalue weighted by Crippen LogP contribution is -2.38. The van der Waals surface area contributed by atoms with Crippen LogP contribution < -0.4 is 5.73 Å². The molecule has 0 fully saturated rings. The minimum Gasteiger partial charge on any atom is -0.466 e. The summed E-state index contributed by atoms with van der Waals surface area (Å²) >= 11 is 2.85. The first kappa shape index (κ1) is 17.5. The van der Waals surface area contributed by atoms with Gasteiger partial charge in [-0.3, -0.25) is 4.90 Å². The van der Waals surface area contributed by atoms with Gasteiger partial charge in [0.25, 0.3) is 0 Å². The van der Waals surface area contributed by atoms with Gasteiger partial charge in [-0.25, -0.2) is 9.79 Å². The number of nitriles is 1. The number of nitrogens with two attached hydrogens (primary N) is 1. The van der Waals surface area contributed by atoms with Gasteiger partial charge in [0.15, 0.2) is 5.17 Å². The Bertz CT molecular complexity index is 866. The molecule has 1 aromatic rings. The van der Waals surface area contributed by atoms with Crippen molar-refractivity contribution in [3.05, 3.63) is 51.8 Å². The molecule has 2 heterocycles. The van der Waals surface area contributed by atoms with Crippen LogP contribution in [0.25, 0.3) is 0 Å². The van der Waals surface area contributed by atoms with Crippen molar-refractivity contribution >= 4 is 34.7 Å². The van der Waals surface area contributed by atoms with Gasteiger partial charge < -0.3 is 10.5 Å². The molecule has 2 aliphatic rings. The van der Waals surface area contributed by atoms with E-state index in [9.17, 15) is 10.1 Å². The monoisotopic (exact) mass is 372 g/mol. The summed E-state index contributed by atoms with van der Waals surface area (Å²) in [6.07, 6.45) is 2.00. The van der Waals surface area contributed by atoms with Gasteiger partial charge >= 0.3 is 5.97 Å². The van der Waals surface area contributed by atoms with Crippen LogP contribution in [0.2, 0.25) is 0 Å². The number of rotatable bonds is 3. The first-order valence-electron chi connectivity index (χ1n) is 7.40. The fourth-order valence-corrected chi connectivity index (χ4v) is 4.14. The molecule has 1 atom stereocenters. The van der Waals surface area contributed by atoms with E-state index < -0.39 is 12.0 Å². The van der Waals surface area contributed by atoms with E-state index in [2.05, 4.69) is 11.1 Å². The number of esters is 1. The Morgan fingerprint density at radius 1 is 1.44 bits per heavy atom. The smallest absolute Gasteiger partial charge is 0.338 e. The summed E-state index contributed by atoms with van der Waals surface area (Å²) in [6, 6.07) is 9.51. The molecule has 0 aromatic heterocycles. The summed E-state index contributed by atoms with van der Waals surface area (Å²) in [7, 11) is 1.34. The number of hydrogen-bond acceptors (Lipinski definition) is 8. The second kappa shape index (κ2) is 6.86. The Hall–Kier alpha value is -2.37. The highest BCUT2D eigenvalue weighted by Gasteiger charge is 2.42. The number of benzene rings is 1. The van der Waals surface area contributed by atoms with Crippen LogP contribution in [0.15, 0.2) is 56.1 Å². The highest BCUT2D eigenvalue weighted by Crippen LogP contribution is 2.45. The van der Waals surface area contributed by atoms with Crippen LogP contribution in [-0.2, 0) is 9.53 Å². The quantitative estimate of drug-likeness (QED) is 0.644. The van der Waals surface area contributed by atoms with Gasteiger partial charge in [0.05, 0.1) is 24.4 Å². The lowest BCUT2D eigenvalue weighted by Gasteiger charge is -2.34. The van der Waals surface area contributed by atoms with E-state index in [0.717, 1.165) is 10.5 Å². The predicted octanol–water partition coefficient (Wildman–Crippen LogP) is 2.97. The summed E-state index contributed by atoms with van der Waals surface area (Å²) in [5.74, 6) is -0.151. The van der Waals surface area contributed by atoms with Gasteiger partial charge in [-0.1, -0.05) is 12.1 Å². The number of thioether (sulfide) groups is 2. The van der Waals surface area contributed by atoms with Crippen molar-refractivity contribution in [1.29, 1.82) is 5.26 Å². The number of ether oxygens (including phenoxy) is 1. The molecule has 0 amide bonds. The number of fused-ring (bicyclic) bond motifs is 1. The SMILES string of the molecule is COC(=O)C1=C(C)N=C2SC(C#N)=C(N)N2[C@@H]1c1ccc(SC)cc1. The molecule has 128 valence electrons. The van der Waals surface area contributed by atoms with Crippen LogP contribution in [0.4, 0.5) is 0 Å². The number of methoxy groups -OCH3 is 1. The van der Waals surface area contributed by atoms with Gasteiger partial charge in [0, 0.05) is 4.90 Å². The average molecular weight is 372 g/mol. The third kappa shape index (κ3) is 2.90. The molecule has 2 N–H and O–H groups in total. The Kier molecular flexibility index (Phi) is 4.79. The first-order chi connectivity index (χ1) is 12.0. The van der Waals surface area contributed by atoms with Crippen molar-refractivity contribution in [2.75, 3.05) is 13.4 Å². The number of carbonyl (C=O) groups excluding carboxylic acids is 1. The molecule has 0 spiro atoms. The van der Waals surface area contributed by atoms with E-state index in [4.69, 9.17) is 10.5 Å². The van der Waals surface area contributed by atoms with Crippen LogP contribution >= 0.6 is 23.5 Å². The lowest BCUT2D eigenvalue weighted by molar-refractivity contribution is -0.136. The van der Waals surface area contributed by atoms with Crippen LogP contribution in [0.1, 0.15) is 18.5 Å². The molecule has 1 aromatic carbocycles. The predicted molar refractivity (Wildman–Crippen MR) is 99.4 cm³/mol. The van der Waals surface area contributed by atoms with Crippen LogP contribution in [0.5, 0.6) is 0 Å². The molecule has 0 aliphatic carbocycles. The summed E-state index contributed by atoms with van der Waals surface area (Å²) in [6.45, 7) is 1.76. The van der Waals surface area contributed by atoms with Gasteiger partial charge in [0.1, 0.15) is 16.8 Å². The van der Waals surface area contributed by atoms with E-state index in [1.54, 1.807) is 23.6 Å². The van der Waals surface area contributed by atoms with E-state index in [-0.39, 0.29) is 0 Å². The molecule has 0 unspecified atom stereocenters. The van der Waals surface area contributed by atoms with Crippen LogP contribution in [0.3, 0.4) is 0 Å². The zero-order valence-electron chi connectivity index (χ0n) is 13.9. The molecule has 3 rings (SSSR count). The number of nitrogens with zero attached hydrogens (tertiary/aromatic N) is 3. The Labute approximate surface area is 154 Å². The Morgan fingerprint density at radius 2 is 2.12 bits per heavy atom. The molecule has 0 saturated heterocycles. The molecule has 0 bridgehead atoms. The largest absolute Gasteiger partial charge is 0.466 e. The molecule has 0 radical (unpaired) electrons. The minimum absolute atomic E-state index is 0.305. The van der Waals surface area contributed by atoms with Crippen molar-refractivity contribution in [3.63, 3.8) is 0 Å². The van der Waals surface area contributed by atoms with E-state index in [1.165, 1.54) is 18.9 Å². The van der Waals surface area contributed by atoms with Crippen molar-refractivity contribution in [2.45, 2.75) is 17.9 Å². The Balaban J connectivity index is 2.17. The fraction of sp³-hybridized carbons (Fsp3) is 0.235. The number of hydrogen-bond donors (Lipinski definition) is 1. The van der Waals surface area contributed by atoms with Crippen LogP contribution in [-0.4, -0.2) is 29.4 Å². The fourth-order valence-electron chi connectivity index (χ4n) is 2.81. The summed E-state index contributed by atoms with van der Waals surface area (Å²) in [4.78, 5) is 20.1. The molecule has 8 heteroatoms. The van der Waals surface area contributed by atoms with Crippen molar-refractivity contribution in [1.82, 2.24) is 4.90 Å². The number of carbonyl (C=O) groups is 1. The highest BCUT2D eigenvalue weighted by molar-refractivity contribution is 8.17. The number of allylic oxidation sites excluding steroid dienone is 2. The summed E-state index contributed by atoms with van der Waals surface area (Å²) in [5.41, 5.74) is 8.05. The third-order valence-corrected chi connectivity index (χ3v) is 5.73. The van der Waals surface area contributed by atoms with Gasteiger partial charge in [0.2, 0.25) is 0 Å². The van der Waals surface area contributed by atoms with E-state index >= 15 is 0 Å². The second-order valence-electron chi connectivity index (χ2n) is 5.36. The van der Waals surface area contributed by atoms with Gasteiger partial charge in [-0.15, -0.1) is 11.8 Å². The maximum atomic E-state index is 12.4. The molecular formula is C17H16N4O2S2. The lowest BCUT2D eigenvalue weighted by atomic mass is 9.94. The molecule has 2 aliphatic heterocycles. The maximum Gasteiger partial charge on any atom is 0.338 e. The minimum atomic E-state index is -0.478. The Morgan fingerprint density at radius 3 is 2.68 bits per heavy atom. The van der Waals surface area contributed by atoms with Crippen LogP contribution in [0, 0.1) is 11.3 Å². The normalized spacial score (nSPS) is 19.5. The topological polar surface area (TPSA) is 91.7 Å². The zero-order valence-corrected chi connectivity index (χ0v) is 15.6. The van der Waals surface area contributed by atoms with Gasteiger partial charge in [-0.05, 0) is 42.6 Å². The highest BCUT2D eigenvalue weighted by atomic mass is 32.2. The molecular weight excluding hydrogens is 356 g/mol. The standard InChI is InChI=1S/C17H16N4O2S2/c1-9-13(16(22)23-2)14(10-4-6-11(24-3)7-5-10)21-15(19)12(8-18)25-17(21)20-9/h4-7,14H,19H2,1-3H3/t14-/m1/s1. The number of amidine groups is 1.